The standard InChI is InChI=1S/C13H23NO/c1-3-5-7-9-12-11-14-15-13(12)10-8-6-4-2/h11H,3-10H2,1-2H3. The maximum absolute atomic E-state index is 5.29. The Balaban J connectivity index is 2.32. The normalized spacial score (nSPS) is 10.8. The summed E-state index contributed by atoms with van der Waals surface area (Å²) < 4.78 is 5.29. The van der Waals surface area contributed by atoms with E-state index in [2.05, 4.69) is 19.0 Å². The number of hydrogen-bond acceptors (Lipinski definition) is 2. The van der Waals surface area contributed by atoms with E-state index in [4.69, 9.17) is 4.52 Å². The molecule has 0 aliphatic rings. The molecular weight excluding hydrogens is 186 g/mol. The van der Waals surface area contributed by atoms with Crippen molar-refractivity contribution in [2.24, 2.45) is 0 Å². The number of rotatable bonds is 8. The van der Waals surface area contributed by atoms with Gasteiger partial charge in [-0.25, -0.2) is 0 Å². The Morgan fingerprint density at radius 1 is 1.00 bits per heavy atom. The summed E-state index contributed by atoms with van der Waals surface area (Å²) in [6, 6.07) is 0. The molecule has 15 heavy (non-hydrogen) atoms. The van der Waals surface area contributed by atoms with E-state index in [1.165, 1.54) is 44.1 Å². The molecule has 0 bridgehead atoms. The molecule has 2 heteroatoms. The maximum atomic E-state index is 5.29. The molecule has 0 unspecified atom stereocenters. The molecule has 0 saturated heterocycles. The monoisotopic (exact) mass is 209 g/mol. The third kappa shape index (κ3) is 4.50. The maximum Gasteiger partial charge on any atom is 0.139 e. The first-order valence-corrected chi connectivity index (χ1v) is 6.30. The highest BCUT2D eigenvalue weighted by molar-refractivity contribution is 5.13. The van der Waals surface area contributed by atoms with Gasteiger partial charge in [0.1, 0.15) is 5.76 Å². The molecule has 1 aromatic heterocycles. The lowest BCUT2D eigenvalue weighted by atomic mass is 10.1. The van der Waals surface area contributed by atoms with Crippen molar-refractivity contribution in [1.29, 1.82) is 0 Å². The topological polar surface area (TPSA) is 26.0 Å². The first-order chi connectivity index (χ1) is 7.38. The lowest BCUT2D eigenvalue weighted by Gasteiger charge is -2.00. The number of nitrogens with zero attached hydrogens (tertiary/aromatic N) is 1. The largest absolute Gasteiger partial charge is 0.361 e. The fraction of sp³-hybridized carbons (Fsp3) is 0.769. The van der Waals surface area contributed by atoms with Crippen molar-refractivity contribution in [3.8, 4) is 0 Å². The van der Waals surface area contributed by atoms with Crippen molar-refractivity contribution in [3.63, 3.8) is 0 Å². The molecule has 0 spiro atoms. The van der Waals surface area contributed by atoms with Gasteiger partial charge in [0.15, 0.2) is 0 Å². The Morgan fingerprint density at radius 2 is 1.67 bits per heavy atom. The molecule has 1 rings (SSSR count). The first-order valence-electron chi connectivity index (χ1n) is 6.30. The second-order valence-electron chi connectivity index (χ2n) is 4.19. The van der Waals surface area contributed by atoms with Crippen LogP contribution in [-0.2, 0) is 12.8 Å². The van der Waals surface area contributed by atoms with Crippen molar-refractivity contribution >= 4 is 0 Å². The van der Waals surface area contributed by atoms with E-state index in [1.807, 2.05) is 6.20 Å². The van der Waals surface area contributed by atoms with E-state index in [0.29, 0.717) is 0 Å². The zero-order valence-electron chi connectivity index (χ0n) is 10.1. The Labute approximate surface area is 93.0 Å². The predicted octanol–water partition coefficient (Wildman–Crippen LogP) is 4.14. The summed E-state index contributed by atoms with van der Waals surface area (Å²) >= 11 is 0. The molecule has 86 valence electrons. The minimum atomic E-state index is 1.06. The van der Waals surface area contributed by atoms with E-state index in [0.717, 1.165) is 18.6 Å². The van der Waals surface area contributed by atoms with Gasteiger partial charge in [0.2, 0.25) is 0 Å². The minimum Gasteiger partial charge on any atom is -0.361 e. The number of aromatic nitrogens is 1. The van der Waals surface area contributed by atoms with Gasteiger partial charge in [0.05, 0.1) is 6.20 Å². The van der Waals surface area contributed by atoms with Crippen molar-refractivity contribution in [2.45, 2.75) is 65.2 Å². The number of hydrogen-bond donors (Lipinski definition) is 0. The third-order valence-corrected chi connectivity index (χ3v) is 2.79. The molecule has 0 atom stereocenters. The average molecular weight is 209 g/mol. The number of aryl methyl sites for hydroxylation is 2. The van der Waals surface area contributed by atoms with Gasteiger partial charge >= 0.3 is 0 Å². The molecule has 0 radical (unpaired) electrons. The Hall–Kier alpha value is -0.790. The molecule has 0 saturated carbocycles. The minimum absolute atomic E-state index is 1.06. The lowest BCUT2D eigenvalue weighted by molar-refractivity contribution is 0.377. The average Bonchev–Trinajstić information content (AvgIpc) is 2.67. The summed E-state index contributed by atoms with van der Waals surface area (Å²) in [5, 5.41) is 3.90. The van der Waals surface area contributed by atoms with Gasteiger partial charge < -0.3 is 4.52 Å². The highest BCUT2D eigenvalue weighted by atomic mass is 16.5. The van der Waals surface area contributed by atoms with Crippen LogP contribution in [0.3, 0.4) is 0 Å². The number of unbranched alkanes of at least 4 members (excludes halogenated alkanes) is 4. The van der Waals surface area contributed by atoms with Crippen LogP contribution in [0.15, 0.2) is 10.7 Å². The zero-order chi connectivity index (χ0) is 10.9. The molecule has 1 aromatic rings. The van der Waals surface area contributed by atoms with Gasteiger partial charge in [-0.15, -0.1) is 0 Å². The second kappa shape index (κ2) is 7.49. The van der Waals surface area contributed by atoms with E-state index < -0.39 is 0 Å². The van der Waals surface area contributed by atoms with Gasteiger partial charge in [-0.3, -0.25) is 0 Å². The molecular formula is C13H23NO. The Kier molecular flexibility index (Phi) is 6.14. The van der Waals surface area contributed by atoms with E-state index >= 15 is 0 Å². The smallest absolute Gasteiger partial charge is 0.139 e. The third-order valence-electron chi connectivity index (χ3n) is 2.79. The van der Waals surface area contributed by atoms with Crippen LogP contribution in [-0.4, -0.2) is 5.16 Å². The van der Waals surface area contributed by atoms with E-state index in [1.54, 1.807) is 0 Å². The first kappa shape index (κ1) is 12.3. The van der Waals surface area contributed by atoms with Gasteiger partial charge in [-0.2, -0.15) is 0 Å². The zero-order valence-corrected chi connectivity index (χ0v) is 10.1. The summed E-state index contributed by atoms with van der Waals surface area (Å²) in [4.78, 5) is 0. The molecule has 0 N–H and O–H groups in total. The Bertz CT molecular complexity index is 230. The van der Waals surface area contributed by atoms with Gasteiger partial charge in [0, 0.05) is 12.0 Å². The summed E-state index contributed by atoms with van der Waals surface area (Å²) in [6.45, 7) is 4.46. The predicted molar refractivity (Wildman–Crippen MR) is 63.0 cm³/mol. The van der Waals surface area contributed by atoms with E-state index in [9.17, 15) is 0 Å². The molecule has 0 aliphatic heterocycles. The summed E-state index contributed by atoms with van der Waals surface area (Å²) in [5.41, 5.74) is 1.33. The summed E-state index contributed by atoms with van der Waals surface area (Å²) in [5.74, 6) is 1.12. The van der Waals surface area contributed by atoms with Crippen LogP contribution in [0, 0.1) is 0 Å². The molecule has 0 aliphatic carbocycles. The van der Waals surface area contributed by atoms with Crippen LogP contribution in [0.25, 0.3) is 0 Å². The molecule has 0 fully saturated rings. The van der Waals surface area contributed by atoms with Gasteiger partial charge in [-0.05, 0) is 19.3 Å². The van der Waals surface area contributed by atoms with Crippen molar-refractivity contribution in [3.05, 3.63) is 17.5 Å². The van der Waals surface area contributed by atoms with Crippen LogP contribution >= 0.6 is 0 Å². The summed E-state index contributed by atoms with van der Waals surface area (Å²) in [7, 11) is 0. The fourth-order valence-electron chi connectivity index (χ4n) is 1.80. The molecule has 0 aromatic carbocycles. The highest BCUT2D eigenvalue weighted by Crippen LogP contribution is 2.15. The second-order valence-corrected chi connectivity index (χ2v) is 4.19. The molecule has 1 heterocycles. The van der Waals surface area contributed by atoms with Crippen molar-refractivity contribution in [2.75, 3.05) is 0 Å². The van der Waals surface area contributed by atoms with Gasteiger partial charge in [0.25, 0.3) is 0 Å². The summed E-state index contributed by atoms with van der Waals surface area (Å²) in [6.07, 6.45) is 11.7. The van der Waals surface area contributed by atoms with Crippen LogP contribution in [0.2, 0.25) is 0 Å². The van der Waals surface area contributed by atoms with Gasteiger partial charge in [-0.1, -0.05) is 44.7 Å². The van der Waals surface area contributed by atoms with Crippen LogP contribution in [0.4, 0.5) is 0 Å². The van der Waals surface area contributed by atoms with Crippen molar-refractivity contribution < 1.29 is 4.52 Å². The van der Waals surface area contributed by atoms with Crippen LogP contribution in [0.1, 0.15) is 63.7 Å². The van der Waals surface area contributed by atoms with Crippen molar-refractivity contribution in [1.82, 2.24) is 5.16 Å². The fourth-order valence-corrected chi connectivity index (χ4v) is 1.80. The molecule has 2 nitrogen and oxygen atoms in total. The van der Waals surface area contributed by atoms with E-state index in [-0.39, 0.29) is 0 Å². The van der Waals surface area contributed by atoms with Crippen LogP contribution in [0.5, 0.6) is 0 Å². The molecule has 0 amide bonds. The SMILES string of the molecule is CCCCCc1cnoc1CCCCC. The highest BCUT2D eigenvalue weighted by Gasteiger charge is 2.06. The lowest BCUT2D eigenvalue weighted by Crippen LogP contribution is -1.90. The quantitative estimate of drug-likeness (QED) is 0.601. The Morgan fingerprint density at radius 3 is 2.33 bits per heavy atom. The van der Waals surface area contributed by atoms with Crippen LogP contribution < -0.4 is 0 Å².